The van der Waals surface area contributed by atoms with Crippen molar-refractivity contribution in [3.05, 3.63) is 18.3 Å². The van der Waals surface area contributed by atoms with Crippen LogP contribution in [0.25, 0.3) is 11.3 Å². The lowest BCUT2D eigenvalue weighted by Gasteiger charge is -2.33. The Balaban J connectivity index is 1.54. The van der Waals surface area contributed by atoms with Crippen LogP contribution in [0.4, 0.5) is 22.0 Å². The highest BCUT2D eigenvalue weighted by molar-refractivity contribution is 8.00. The maximum atomic E-state index is 13.3. The van der Waals surface area contributed by atoms with E-state index in [1.165, 1.54) is 13.3 Å². The molecule has 0 amide bonds. The topological polar surface area (TPSA) is 80.4 Å². The van der Waals surface area contributed by atoms with Gasteiger partial charge in [-0.3, -0.25) is 0 Å². The fourth-order valence-corrected chi connectivity index (χ4v) is 5.35. The lowest BCUT2D eigenvalue weighted by atomic mass is 10.1. The first kappa shape index (κ1) is 17.8. The van der Waals surface area contributed by atoms with Gasteiger partial charge in [0.25, 0.3) is 0 Å². The van der Waals surface area contributed by atoms with Gasteiger partial charge < -0.3 is 20.3 Å². The van der Waals surface area contributed by atoms with Crippen molar-refractivity contribution in [3.63, 3.8) is 0 Å². The van der Waals surface area contributed by atoms with Gasteiger partial charge in [0.2, 0.25) is 12.3 Å². The molecule has 2 aromatic heterocycles. The molecule has 7 nitrogen and oxygen atoms in total. The molecule has 3 atom stereocenters. The Kier molecular flexibility index (Phi) is 4.41. The van der Waals surface area contributed by atoms with E-state index in [0.29, 0.717) is 11.3 Å². The first-order valence-electron chi connectivity index (χ1n) is 9.66. The Morgan fingerprint density at radius 2 is 2.18 bits per heavy atom. The Bertz CT molecular complexity index is 893. The van der Waals surface area contributed by atoms with E-state index >= 15 is 0 Å². The molecule has 2 aromatic rings. The summed E-state index contributed by atoms with van der Waals surface area (Å²) in [5, 5.41) is 0.695. The van der Waals surface area contributed by atoms with Crippen molar-refractivity contribution in [2.45, 2.75) is 37.4 Å². The summed E-state index contributed by atoms with van der Waals surface area (Å²) >= 11 is 2.06. The van der Waals surface area contributed by atoms with Crippen molar-refractivity contribution < 1.29 is 9.13 Å². The maximum Gasteiger partial charge on any atom is 0.236 e. The van der Waals surface area contributed by atoms with Crippen molar-refractivity contribution in [3.8, 4) is 17.0 Å². The third-order valence-electron chi connectivity index (χ3n) is 5.50. The summed E-state index contributed by atoms with van der Waals surface area (Å²) in [5.41, 5.74) is 7.34. The molecule has 0 saturated carbocycles. The lowest BCUT2D eigenvalue weighted by Crippen LogP contribution is -2.39. The number of alkyl halides is 1. The van der Waals surface area contributed by atoms with E-state index in [-0.39, 0.29) is 11.6 Å². The Hall–Kier alpha value is -2.29. The van der Waals surface area contributed by atoms with Crippen molar-refractivity contribution >= 4 is 29.3 Å². The third kappa shape index (κ3) is 3.21. The van der Waals surface area contributed by atoms with Gasteiger partial charge >= 0.3 is 0 Å². The zero-order valence-electron chi connectivity index (χ0n) is 15.7. The van der Waals surface area contributed by atoms with Crippen LogP contribution < -0.4 is 20.3 Å². The number of nitrogen functional groups attached to an aromatic ring is 1. The van der Waals surface area contributed by atoms with E-state index in [9.17, 15) is 4.39 Å². The minimum atomic E-state index is -1.46. The second-order valence-electron chi connectivity index (χ2n) is 7.52. The molecular formula is C19H23FN6OS. The van der Waals surface area contributed by atoms with E-state index in [1.807, 2.05) is 6.07 Å². The summed E-state index contributed by atoms with van der Waals surface area (Å²) in [4.78, 5) is 18.4. The number of thioether (sulfide) groups is 1. The number of nitrogens with two attached hydrogens (primary N) is 1. The number of rotatable bonds is 5. The van der Waals surface area contributed by atoms with E-state index in [4.69, 9.17) is 20.4 Å². The molecule has 148 valence electrons. The van der Waals surface area contributed by atoms with Crippen LogP contribution in [0.5, 0.6) is 5.75 Å². The molecule has 0 radical (unpaired) electrons. The highest BCUT2D eigenvalue weighted by Crippen LogP contribution is 2.40. The number of pyridine rings is 1. The van der Waals surface area contributed by atoms with Crippen LogP contribution in [0, 0.1) is 0 Å². The fourth-order valence-electron chi connectivity index (χ4n) is 3.92. The zero-order chi connectivity index (χ0) is 19.3. The molecule has 2 bridgehead atoms. The Labute approximate surface area is 167 Å². The van der Waals surface area contributed by atoms with Crippen LogP contribution in [-0.2, 0) is 0 Å². The summed E-state index contributed by atoms with van der Waals surface area (Å²) < 4.78 is 18.5. The van der Waals surface area contributed by atoms with Gasteiger partial charge in [0, 0.05) is 61.4 Å². The second kappa shape index (κ2) is 6.95. The quantitative estimate of drug-likeness (QED) is 0.818. The summed E-state index contributed by atoms with van der Waals surface area (Å²) in [7, 11) is 0. The van der Waals surface area contributed by atoms with Crippen molar-refractivity contribution in [1.29, 1.82) is 0 Å². The smallest absolute Gasteiger partial charge is 0.236 e. The highest BCUT2D eigenvalue weighted by Gasteiger charge is 2.39. The average Bonchev–Trinajstić information content (AvgIpc) is 3.25. The molecule has 5 rings (SSSR count). The van der Waals surface area contributed by atoms with Crippen molar-refractivity contribution in [1.82, 2.24) is 15.0 Å². The number of anilines is 3. The van der Waals surface area contributed by atoms with Crippen LogP contribution in [0.15, 0.2) is 18.3 Å². The van der Waals surface area contributed by atoms with Crippen molar-refractivity contribution in [2.75, 3.05) is 40.9 Å². The molecule has 3 saturated heterocycles. The van der Waals surface area contributed by atoms with Gasteiger partial charge in [-0.15, -0.1) is 0 Å². The Morgan fingerprint density at radius 1 is 1.32 bits per heavy atom. The highest BCUT2D eigenvalue weighted by atomic mass is 32.2. The molecule has 5 heterocycles. The minimum Gasteiger partial charge on any atom is -0.457 e. The van der Waals surface area contributed by atoms with Crippen LogP contribution in [0.1, 0.15) is 19.8 Å². The molecular weight excluding hydrogens is 379 g/mol. The largest absolute Gasteiger partial charge is 0.457 e. The molecule has 3 aliphatic rings. The normalized spacial score (nSPS) is 24.4. The molecule has 0 spiro atoms. The number of nitrogens with zero attached hydrogens (tertiary/aromatic N) is 5. The average molecular weight is 402 g/mol. The molecule has 3 aliphatic heterocycles. The zero-order valence-corrected chi connectivity index (χ0v) is 16.5. The van der Waals surface area contributed by atoms with Gasteiger partial charge in [-0.2, -0.15) is 16.7 Å². The van der Waals surface area contributed by atoms with Gasteiger partial charge in [-0.05, 0) is 18.9 Å². The SMILES string of the molecule is CC(F)Oc1cc(-c2cc(N3C[C@@H]4C[C@H]3CS4)nc(N3CCC3)n2)cnc1N. The van der Waals surface area contributed by atoms with Crippen LogP contribution in [0.2, 0.25) is 0 Å². The minimum absolute atomic E-state index is 0.166. The number of hydrogen-bond donors (Lipinski definition) is 1. The first-order chi connectivity index (χ1) is 13.6. The van der Waals surface area contributed by atoms with E-state index in [1.54, 1.807) is 12.3 Å². The third-order valence-corrected chi connectivity index (χ3v) is 6.89. The predicted octanol–water partition coefficient (Wildman–Crippen LogP) is 2.72. The maximum absolute atomic E-state index is 13.3. The second-order valence-corrected chi connectivity index (χ2v) is 8.85. The predicted molar refractivity (Wildman–Crippen MR) is 110 cm³/mol. The molecule has 3 fully saturated rings. The van der Waals surface area contributed by atoms with Gasteiger partial charge in [0.1, 0.15) is 5.82 Å². The van der Waals surface area contributed by atoms with Gasteiger partial charge in [0.15, 0.2) is 11.6 Å². The number of aromatic nitrogens is 3. The summed E-state index contributed by atoms with van der Waals surface area (Å²) in [6.07, 6.45) is 2.57. The van der Waals surface area contributed by atoms with Crippen LogP contribution in [-0.4, -0.2) is 58.0 Å². The number of ether oxygens (including phenoxy) is 1. The lowest BCUT2D eigenvalue weighted by molar-refractivity contribution is 0.0866. The van der Waals surface area contributed by atoms with Gasteiger partial charge in [-0.25, -0.2) is 14.4 Å². The monoisotopic (exact) mass is 402 g/mol. The van der Waals surface area contributed by atoms with E-state index < -0.39 is 6.36 Å². The van der Waals surface area contributed by atoms with Crippen molar-refractivity contribution in [2.24, 2.45) is 0 Å². The first-order valence-corrected chi connectivity index (χ1v) is 10.7. The van der Waals surface area contributed by atoms with Gasteiger partial charge in [-0.1, -0.05) is 0 Å². The molecule has 28 heavy (non-hydrogen) atoms. The molecule has 1 unspecified atom stereocenters. The van der Waals surface area contributed by atoms with Crippen LogP contribution >= 0.6 is 11.8 Å². The number of hydrogen-bond acceptors (Lipinski definition) is 8. The van der Waals surface area contributed by atoms with Crippen LogP contribution in [0.3, 0.4) is 0 Å². The fraction of sp³-hybridized carbons (Fsp3) is 0.526. The molecule has 0 aliphatic carbocycles. The summed E-state index contributed by atoms with van der Waals surface area (Å²) in [5.74, 6) is 3.25. The summed E-state index contributed by atoms with van der Waals surface area (Å²) in [6.45, 7) is 4.28. The van der Waals surface area contributed by atoms with E-state index in [2.05, 4.69) is 26.5 Å². The number of halogens is 1. The van der Waals surface area contributed by atoms with E-state index in [0.717, 1.165) is 54.8 Å². The van der Waals surface area contributed by atoms with Gasteiger partial charge in [0.05, 0.1) is 5.69 Å². The number of fused-ring (bicyclic) bond motifs is 2. The molecule has 2 N–H and O–H groups in total. The molecule has 0 aromatic carbocycles. The Morgan fingerprint density at radius 3 is 2.82 bits per heavy atom. The standard InChI is InChI=1S/C19H23FN6OS/c1-11(20)27-16-5-12(8-22-18(16)21)15-7-17(24-19(23-15)25-3-2-4-25)26-9-14-6-13(26)10-28-14/h5,7-8,11,13-14H,2-4,6,9-10H2,1H3,(H2,21,22)/t11?,13-,14-/m0/s1. The summed E-state index contributed by atoms with van der Waals surface area (Å²) in [6, 6.07) is 4.25. The molecule has 9 heteroatoms.